The summed E-state index contributed by atoms with van der Waals surface area (Å²) in [6.45, 7) is 5.18. The lowest BCUT2D eigenvalue weighted by Gasteiger charge is -2.26. The van der Waals surface area contributed by atoms with Gasteiger partial charge in [-0.15, -0.1) is 0 Å². The molecule has 1 heterocycles. The lowest BCUT2D eigenvalue weighted by molar-refractivity contribution is 0.186. The van der Waals surface area contributed by atoms with Gasteiger partial charge in [0.15, 0.2) is 0 Å². The van der Waals surface area contributed by atoms with Gasteiger partial charge in [-0.25, -0.2) is 0 Å². The van der Waals surface area contributed by atoms with Crippen LogP contribution >= 0.6 is 0 Å². The molecule has 3 nitrogen and oxygen atoms in total. The summed E-state index contributed by atoms with van der Waals surface area (Å²) < 4.78 is 0. The Bertz CT molecular complexity index is 246. The zero-order valence-electron chi connectivity index (χ0n) is 11.3. The van der Waals surface area contributed by atoms with Gasteiger partial charge in [0.05, 0.1) is 6.17 Å². The number of aliphatic imine (C=N–C) groups is 1. The van der Waals surface area contributed by atoms with E-state index in [1.165, 1.54) is 25.7 Å². The monoisotopic (exact) mass is 237 g/mol. The van der Waals surface area contributed by atoms with Gasteiger partial charge in [0.1, 0.15) is 6.17 Å². The molecule has 0 fully saturated rings. The first-order valence-electron chi connectivity index (χ1n) is 6.93. The van der Waals surface area contributed by atoms with Gasteiger partial charge in [-0.3, -0.25) is 9.89 Å². The first-order chi connectivity index (χ1) is 8.25. The Morgan fingerprint density at radius 1 is 1.41 bits per heavy atom. The van der Waals surface area contributed by atoms with E-state index in [9.17, 15) is 0 Å². The fourth-order valence-corrected chi connectivity index (χ4v) is 2.14. The van der Waals surface area contributed by atoms with Gasteiger partial charge in [0, 0.05) is 12.8 Å². The second-order valence-electron chi connectivity index (χ2n) is 4.79. The lowest BCUT2D eigenvalue weighted by Crippen LogP contribution is -2.43. The molecule has 0 spiro atoms. The SMILES string of the molecule is CCCCC/C=C/CCC1N=CCN1C(C)N. The molecule has 0 aromatic heterocycles. The summed E-state index contributed by atoms with van der Waals surface area (Å²) in [5, 5.41) is 0. The van der Waals surface area contributed by atoms with Crippen molar-refractivity contribution in [2.75, 3.05) is 6.54 Å². The number of nitrogens with zero attached hydrogens (tertiary/aromatic N) is 2. The summed E-state index contributed by atoms with van der Waals surface area (Å²) in [7, 11) is 0. The van der Waals surface area contributed by atoms with Gasteiger partial charge in [-0.05, 0) is 32.6 Å². The average Bonchev–Trinajstić information content (AvgIpc) is 2.76. The molecule has 98 valence electrons. The van der Waals surface area contributed by atoms with Crippen LogP contribution in [-0.4, -0.2) is 30.0 Å². The zero-order chi connectivity index (χ0) is 12.5. The number of allylic oxidation sites excluding steroid dienone is 2. The number of unbranched alkanes of at least 4 members (excludes halogenated alkanes) is 3. The second kappa shape index (κ2) is 8.43. The van der Waals surface area contributed by atoms with E-state index in [1.54, 1.807) is 0 Å². The van der Waals surface area contributed by atoms with Gasteiger partial charge in [-0.1, -0.05) is 31.9 Å². The Morgan fingerprint density at radius 2 is 2.18 bits per heavy atom. The van der Waals surface area contributed by atoms with Crippen molar-refractivity contribution in [3.63, 3.8) is 0 Å². The fourth-order valence-electron chi connectivity index (χ4n) is 2.14. The predicted molar refractivity (Wildman–Crippen MR) is 75.2 cm³/mol. The summed E-state index contributed by atoms with van der Waals surface area (Å²) >= 11 is 0. The molecule has 1 aliphatic rings. The Balaban J connectivity index is 2.11. The van der Waals surface area contributed by atoms with Crippen molar-refractivity contribution in [1.29, 1.82) is 0 Å². The zero-order valence-corrected chi connectivity index (χ0v) is 11.3. The van der Waals surface area contributed by atoms with Crippen LogP contribution in [0.25, 0.3) is 0 Å². The van der Waals surface area contributed by atoms with Crippen molar-refractivity contribution in [2.24, 2.45) is 10.7 Å². The van der Waals surface area contributed by atoms with Gasteiger partial charge >= 0.3 is 0 Å². The largest absolute Gasteiger partial charge is 0.316 e. The molecule has 0 saturated carbocycles. The van der Waals surface area contributed by atoms with Crippen LogP contribution in [0.15, 0.2) is 17.1 Å². The van der Waals surface area contributed by atoms with E-state index in [0.29, 0.717) is 6.17 Å². The summed E-state index contributed by atoms with van der Waals surface area (Å²) in [5.74, 6) is 0. The van der Waals surface area contributed by atoms with Crippen molar-refractivity contribution >= 4 is 6.21 Å². The Morgan fingerprint density at radius 3 is 2.88 bits per heavy atom. The highest BCUT2D eigenvalue weighted by atomic mass is 15.3. The van der Waals surface area contributed by atoms with Gasteiger partial charge < -0.3 is 5.73 Å². The van der Waals surface area contributed by atoms with Crippen molar-refractivity contribution in [2.45, 2.75) is 64.7 Å². The summed E-state index contributed by atoms with van der Waals surface area (Å²) in [4.78, 5) is 6.71. The summed E-state index contributed by atoms with van der Waals surface area (Å²) in [6.07, 6.45) is 14.4. The molecule has 1 rings (SSSR count). The van der Waals surface area contributed by atoms with Crippen LogP contribution in [0.1, 0.15) is 52.4 Å². The Kier molecular flexibility index (Phi) is 7.13. The van der Waals surface area contributed by atoms with Crippen LogP contribution in [0, 0.1) is 0 Å². The smallest absolute Gasteiger partial charge is 0.103 e. The average molecular weight is 237 g/mol. The van der Waals surface area contributed by atoms with Gasteiger partial charge in [0.25, 0.3) is 0 Å². The summed E-state index contributed by atoms with van der Waals surface area (Å²) in [5.41, 5.74) is 5.90. The number of hydrogen-bond acceptors (Lipinski definition) is 3. The van der Waals surface area contributed by atoms with E-state index in [-0.39, 0.29) is 6.17 Å². The number of hydrogen-bond donors (Lipinski definition) is 1. The van der Waals surface area contributed by atoms with E-state index in [0.717, 1.165) is 19.4 Å². The standard InChI is InChI=1S/C14H27N3/c1-3-4-5-6-7-8-9-10-14-16-11-12-17(14)13(2)15/h7-8,11,13-14H,3-6,9-10,12,15H2,1-2H3/b8-7+. The molecule has 3 heteroatoms. The first-order valence-corrected chi connectivity index (χ1v) is 6.93. The molecule has 17 heavy (non-hydrogen) atoms. The van der Waals surface area contributed by atoms with Gasteiger partial charge in [0.2, 0.25) is 0 Å². The molecule has 0 aliphatic carbocycles. The fraction of sp³-hybridized carbons (Fsp3) is 0.786. The minimum Gasteiger partial charge on any atom is -0.316 e. The summed E-state index contributed by atoms with van der Waals surface area (Å²) in [6, 6.07) is 0. The molecule has 0 aromatic rings. The molecule has 0 amide bonds. The topological polar surface area (TPSA) is 41.6 Å². The maximum atomic E-state index is 5.90. The van der Waals surface area contributed by atoms with E-state index in [4.69, 9.17) is 5.73 Å². The van der Waals surface area contributed by atoms with Crippen molar-refractivity contribution in [3.05, 3.63) is 12.2 Å². The minimum absolute atomic E-state index is 0.107. The van der Waals surface area contributed by atoms with Crippen LogP contribution in [0.2, 0.25) is 0 Å². The molecule has 2 N–H and O–H groups in total. The maximum absolute atomic E-state index is 5.90. The van der Waals surface area contributed by atoms with E-state index in [2.05, 4.69) is 29.0 Å². The number of rotatable bonds is 8. The molecule has 2 atom stereocenters. The molecule has 0 saturated heterocycles. The maximum Gasteiger partial charge on any atom is 0.103 e. The molecule has 1 aliphatic heterocycles. The second-order valence-corrected chi connectivity index (χ2v) is 4.79. The van der Waals surface area contributed by atoms with Crippen LogP contribution < -0.4 is 5.73 Å². The highest BCUT2D eigenvalue weighted by molar-refractivity contribution is 5.62. The van der Waals surface area contributed by atoms with Crippen molar-refractivity contribution in [1.82, 2.24) is 4.90 Å². The first kappa shape index (κ1) is 14.4. The molecular formula is C14H27N3. The molecule has 0 aromatic carbocycles. The quantitative estimate of drug-likeness (QED) is 0.521. The van der Waals surface area contributed by atoms with E-state index < -0.39 is 0 Å². The van der Waals surface area contributed by atoms with Crippen molar-refractivity contribution < 1.29 is 0 Å². The van der Waals surface area contributed by atoms with Gasteiger partial charge in [-0.2, -0.15) is 0 Å². The molecular weight excluding hydrogens is 210 g/mol. The predicted octanol–water partition coefficient (Wildman–Crippen LogP) is 2.92. The van der Waals surface area contributed by atoms with Crippen LogP contribution in [0.3, 0.4) is 0 Å². The third kappa shape index (κ3) is 5.46. The van der Waals surface area contributed by atoms with Crippen LogP contribution in [0.4, 0.5) is 0 Å². The van der Waals surface area contributed by atoms with E-state index in [1.807, 2.05) is 13.1 Å². The normalized spacial score (nSPS) is 22.6. The van der Waals surface area contributed by atoms with E-state index >= 15 is 0 Å². The highest BCUT2D eigenvalue weighted by Crippen LogP contribution is 2.14. The van der Waals surface area contributed by atoms with Crippen LogP contribution in [0.5, 0.6) is 0 Å². The van der Waals surface area contributed by atoms with Crippen LogP contribution in [-0.2, 0) is 0 Å². The molecule has 0 bridgehead atoms. The minimum atomic E-state index is 0.107. The molecule has 0 radical (unpaired) electrons. The lowest BCUT2D eigenvalue weighted by atomic mass is 10.1. The Hall–Kier alpha value is -0.670. The number of nitrogens with two attached hydrogens (primary N) is 1. The highest BCUT2D eigenvalue weighted by Gasteiger charge is 2.22. The Labute approximate surface area is 106 Å². The van der Waals surface area contributed by atoms with Crippen molar-refractivity contribution in [3.8, 4) is 0 Å². The third-order valence-corrected chi connectivity index (χ3v) is 3.21. The molecule has 2 unspecified atom stereocenters. The third-order valence-electron chi connectivity index (χ3n) is 3.21.